The van der Waals surface area contributed by atoms with Crippen LogP contribution in [0, 0.1) is 12.7 Å². The van der Waals surface area contributed by atoms with E-state index in [1.165, 1.54) is 6.07 Å². The Morgan fingerprint density at radius 1 is 0.919 bits per heavy atom. The summed E-state index contributed by atoms with van der Waals surface area (Å²) in [6.45, 7) is 3.89. The van der Waals surface area contributed by atoms with Gasteiger partial charge in [-0.1, -0.05) is 71.9 Å². The molecule has 0 radical (unpaired) electrons. The zero-order valence-corrected chi connectivity index (χ0v) is 20.6. The topological polar surface area (TPSA) is 90.7 Å². The molecule has 0 aliphatic rings. The van der Waals surface area contributed by atoms with Crippen LogP contribution in [-0.2, 0) is 27.1 Å². The molecule has 0 fully saturated rings. The summed E-state index contributed by atoms with van der Waals surface area (Å²) < 4.78 is 29.4. The molecular formula is C29H27FN2O5. The van der Waals surface area contributed by atoms with E-state index in [-0.39, 0.29) is 31.2 Å². The molecule has 1 heterocycles. The predicted molar refractivity (Wildman–Crippen MR) is 138 cm³/mol. The van der Waals surface area contributed by atoms with Crippen LogP contribution < -0.4 is 5.32 Å². The van der Waals surface area contributed by atoms with Gasteiger partial charge in [0, 0.05) is 12.0 Å². The van der Waals surface area contributed by atoms with Crippen LogP contribution in [0.5, 0.6) is 0 Å². The van der Waals surface area contributed by atoms with Gasteiger partial charge in [0.15, 0.2) is 5.76 Å². The molecule has 0 spiro atoms. The minimum absolute atomic E-state index is 0.0275. The molecule has 0 saturated carbocycles. The molecule has 0 atom stereocenters. The maximum Gasteiger partial charge on any atom is 0.411 e. The molecule has 7 nitrogen and oxygen atoms in total. The second-order valence-corrected chi connectivity index (χ2v) is 8.33. The summed E-state index contributed by atoms with van der Waals surface area (Å²) in [5.41, 5.74) is 4.96. The monoisotopic (exact) mass is 502 g/mol. The largest absolute Gasteiger partial charge is 0.466 e. The molecule has 190 valence electrons. The number of halogens is 1. The van der Waals surface area contributed by atoms with Gasteiger partial charge < -0.3 is 14.0 Å². The van der Waals surface area contributed by atoms with Crippen molar-refractivity contribution in [1.82, 2.24) is 5.16 Å². The third kappa shape index (κ3) is 6.61. The second-order valence-electron chi connectivity index (χ2n) is 8.33. The molecule has 0 unspecified atom stereocenters. The number of hydrogen-bond acceptors (Lipinski definition) is 6. The summed E-state index contributed by atoms with van der Waals surface area (Å²) >= 11 is 0. The highest BCUT2D eigenvalue weighted by atomic mass is 19.1. The first-order chi connectivity index (χ1) is 17.9. The number of nitrogens with one attached hydrogen (secondary N) is 1. The summed E-state index contributed by atoms with van der Waals surface area (Å²) in [7, 11) is 0. The molecule has 1 aromatic heterocycles. The van der Waals surface area contributed by atoms with Crippen molar-refractivity contribution in [1.29, 1.82) is 0 Å². The molecule has 1 N–H and O–H groups in total. The number of aryl methyl sites for hydroxylation is 1. The first kappa shape index (κ1) is 25.6. The summed E-state index contributed by atoms with van der Waals surface area (Å²) in [6, 6.07) is 21.7. The fourth-order valence-corrected chi connectivity index (χ4v) is 3.81. The molecule has 4 aromatic rings. The van der Waals surface area contributed by atoms with Gasteiger partial charge >= 0.3 is 12.1 Å². The van der Waals surface area contributed by atoms with Crippen molar-refractivity contribution >= 4 is 17.7 Å². The molecule has 1 amide bonds. The fraction of sp³-hybridized carbons (Fsp3) is 0.207. The van der Waals surface area contributed by atoms with E-state index in [2.05, 4.69) is 10.5 Å². The Morgan fingerprint density at radius 2 is 1.57 bits per heavy atom. The van der Waals surface area contributed by atoms with E-state index >= 15 is 0 Å². The lowest BCUT2D eigenvalue weighted by atomic mass is 10.0. The van der Waals surface area contributed by atoms with Crippen LogP contribution in [0.25, 0.3) is 22.5 Å². The molecule has 0 aliphatic heterocycles. The number of ether oxygens (including phenoxy) is 2. The Balaban J connectivity index is 1.39. The highest BCUT2D eigenvalue weighted by Crippen LogP contribution is 2.32. The van der Waals surface area contributed by atoms with Gasteiger partial charge in [-0.2, -0.15) is 0 Å². The van der Waals surface area contributed by atoms with Crippen LogP contribution in [0.1, 0.15) is 23.7 Å². The predicted octanol–water partition coefficient (Wildman–Crippen LogP) is 6.35. The number of carbonyl (C=O) groups excluding carboxylic acids is 2. The average Bonchev–Trinajstić information content (AvgIpc) is 3.25. The highest BCUT2D eigenvalue weighted by molar-refractivity contribution is 5.91. The van der Waals surface area contributed by atoms with Crippen molar-refractivity contribution in [3.05, 3.63) is 95.4 Å². The second kappa shape index (κ2) is 12.0. The van der Waals surface area contributed by atoms with E-state index < -0.39 is 6.09 Å². The number of rotatable bonds is 9. The smallest absolute Gasteiger partial charge is 0.411 e. The van der Waals surface area contributed by atoms with Crippen molar-refractivity contribution in [3.8, 4) is 22.5 Å². The van der Waals surface area contributed by atoms with Gasteiger partial charge in [0.1, 0.15) is 17.2 Å². The molecule has 0 aliphatic carbocycles. The molecular weight excluding hydrogens is 475 g/mol. The first-order valence-electron chi connectivity index (χ1n) is 11.9. The van der Waals surface area contributed by atoms with E-state index in [1.807, 2.05) is 48.5 Å². The van der Waals surface area contributed by atoms with Gasteiger partial charge in [0.2, 0.25) is 0 Å². The number of esters is 1. The highest BCUT2D eigenvalue weighted by Gasteiger charge is 2.18. The van der Waals surface area contributed by atoms with E-state index in [0.29, 0.717) is 29.3 Å². The lowest BCUT2D eigenvalue weighted by Gasteiger charge is -2.09. The third-order valence-electron chi connectivity index (χ3n) is 5.74. The number of nitrogens with zero attached hydrogens (tertiary/aromatic N) is 1. The lowest BCUT2D eigenvalue weighted by Crippen LogP contribution is -2.16. The number of benzene rings is 3. The van der Waals surface area contributed by atoms with Crippen molar-refractivity contribution in [3.63, 3.8) is 0 Å². The Labute approximate surface area is 214 Å². The number of carbonyl (C=O) groups is 2. The normalized spacial score (nSPS) is 10.7. The van der Waals surface area contributed by atoms with Crippen molar-refractivity contribution in [2.75, 3.05) is 18.5 Å². The maximum absolute atomic E-state index is 13.7. The van der Waals surface area contributed by atoms with E-state index in [0.717, 1.165) is 22.3 Å². The third-order valence-corrected chi connectivity index (χ3v) is 5.74. The summed E-state index contributed by atoms with van der Waals surface area (Å²) in [5, 5.41) is 6.67. The van der Waals surface area contributed by atoms with Gasteiger partial charge in [0.25, 0.3) is 0 Å². The lowest BCUT2D eigenvalue weighted by molar-refractivity contribution is -0.142. The molecule has 8 heteroatoms. The zero-order valence-electron chi connectivity index (χ0n) is 20.6. The SMILES string of the molecule is CCOC(=O)Cc1ccc(-c2ccc(-c3onc(C)c3NC(=O)OCCc3ccccc3F)cc2)cc1. The Bertz CT molecular complexity index is 1360. The van der Waals surface area contributed by atoms with E-state index in [4.69, 9.17) is 14.0 Å². The molecule has 37 heavy (non-hydrogen) atoms. The average molecular weight is 503 g/mol. The van der Waals surface area contributed by atoms with Crippen LogP contribution in [-0.4, -0.2) is 30.4 Å². The van der Waals surface area contributed by atoms with Crippen LogP contribution in [0.3, 0.4) is 0 Å². The molecule has 3 aromatic carbocycles. The zero-order chi connectivity index (χ0) is 26.2. The molecule has 4 rings (SSSR count). The minimum atomic E-state index is -0.677. The van der Waals surface area contributed by atoms with Crippen LogP contribution in [0.2, 0.25) is 0 Å². The van der Waals surface area contributed by atoms with Crippen molar-refractivity contribution in [2.24, 2.45) is 0 Å². The number of amides is 1. The minimum Gasteiger partial charge on any atom is -0.466 e. The van der Waals surface area contributed by atoms with E-state index in [9.17, 15) is 14.0 Å². The summed E-state index contributed by atoms with van der Waals surface area (Å²) in [4.78, 5) is 24.0. The number of anilines is 1. The van der Waals surface area contributed by atoms with Crippen LogP contribution in [0.4, 0.5) is 14.9 Å². The quantitative estimate of drug-likeness (QED) is 0.268. The van der Waals surface area contributed by atoms with Gasteiger partial charge in [0.05, 0.1) is 19.6 Å². The Kier molecular flexibility index (Phi) is 8.30. The number of aromatic nitrogens is 1. The van der Waals surface area contributed by atoms with Gasteiger partial charge in [-0.25, -0.2) is 9.18 Å². The maximum atomic E-state index is 13.7. The van der Waals surface area contributed by atoms with Crippen LogP contribution >= 0.6 is 0 Å². The number of hydrogen-bond donors (Lipinski definition) is 1. The summed E-state index contributed by atoms with van der Waals surface area (Å²) in [6.07, 6.45) is -0.177. The van der Waals surface area contributed by atoms with Crippen LogP contribution in [0.15, 0.2) is 77.3 Å². The molecule has 0 saturated heterocycles. The van der Waals surface area contributed by atoms with Gasteiger partial charge in [-0.15, -0.1) is 0 Å². The molecule has 0 bridgehead atoms. The standard InChI is InChI=1S/C29H27FN2O5/c1-3-35-26(33)18-20-8-10-21(11-9-20)22-12-14-24(15-13-22)28-27(19(2)32-37-28)31-29(34)36-17-16-23-6-4-5-7-25(23)30/h4-15H,3,16-18H2,1-2H3,(H,31,34). The van der Waals surface area contributed by atoms with E-state index in [1.54, 1.807) is 32.0 Å². The van der Waals surface area contributed by atoms with Gasteiger partial charge in [-0.05, 0) is 42.2 Å². The summed E-state index contributed by atoms with van der Waals surface area (Å²) in [5.74, 6) is -0.181. The van der Waals surface area contributed by atoms with Gasteiger partial charge in [-0.3, -0.25) is 10.1 Å². The Morgan fingerprint density at radius 3 is 2.24 bits per heavy atom. The first-order valence-corrected chi connectivity index (χ1v) is 11.9. The fourth-order valence-electron chi connectivity index (χ4n) is 3.81. The van der Waals surface area contributed by atoms with Crippen molar-refractivity contribution < 1.29 is 28.0 Å². The Hall–Kier alpha value is -4.46. The van der Waals surface area contributed by atoms with Crippen molar-refractivity contribution in [2.45, 2.75) is 26.7 Å².